The molecule has 0 heterocycles. The molecule has 0 saturated carbocycles. The first-order valence-corrected chi connectivity index (χ1v) is 8.58. The quantitative estimate of drug-likeness (QED) is 0.588. The Morgan fingerprint density at radius 2 is 1.70 bits per heavy atom. The van der Waals surface area contributed by atoms with Gasteiger partial charge in [-0.15, -0.1) is 0 Å². The number of rotatable bonds is 5. The largest absolute Gasteiger partial charge is 0.492 e. The van der Waals surface area contributed by atoms with Gasteiger partial charge in [0.1, 0.15) is 5.75 Å². The average molecular weight is 464 g/mol. The SMILES string of the molecule is CCOc1c(Br)cc(Br)cc1CNc1ccc(Br)cc1. The molecule has 0 aliphatic heterocycles. The van der Waals surface area contributed by atoms with Crippen LogP contribution in [-0.2, 0) is 6.54 Å². The van der Waals surface area contributed by atoms with Crippen molar-refractivity contribution in [3.8, 4) is 5.75 Å². The number of nitrogens with one attached hydrogen (secondary N) is 1. The minimum atomic E-state index is 0.644. The monoisotopic (exact) mass is 461 g/mol. The second kappa shape index (κ2) is 7.48. The Kier molecular flexibility index (Phi) is 5.93. The highest BCUT2D eigenvalue weighted by molar-refractivity contribution is 9.11. The van der Waals surface area contributed by atoms with Gasteiger partial charge in [-0.3, -0.25) is 0 Å². The maximum absolute atomic E-state index is 5.72. The van der Waals surface area contributed by atoms with E-state index in [4.69, 9.17) is 4.74 Å². The molecule has 2 nitrogen and oxygen atoms in total. The minimum absolute atomic E-state index is 0.644. The van der Waals surface area contributed by atoms with Crippen molar-refractivity contribution >= 4 is 53.5 Å². The van der Waals surface area contributed by atoms with Crippen LogP contribution in [0.4, 0.5) is 5.69 Å². The Hall–Kier alpha value is -0.520. The first kappa shape index (κ1) is 15.9. The van der Waals surface area contributed by atoms with Crippen molar-refractivity contribution in [2.24, 2.45) is 0 Å². The van der Waals surface area contributed by atoms with Crippen molar-refractivity contribution in [3.63, 3.8) is 0 Å². The van der Waals surface area contributed by atoms with E-state index >= 15 is 0 Å². The van der Waals surface area contributed by atoms with E-state index < -0.39 is 0 Å². The van der Waals surface area contributed by atoms with Gasteiger partial charge in [-0.25, -0.2) is 0 Å². The summed E-state index contributed by atoms with van der Waals surface area (Å²) < 4.78 is 8.78. The lowest BCUT2D eigenvalue weighted by atomic mass is 10.2. The fourth-order valence-corrected chi connectivity index (χ4v) is 3.51. The molecule has 0 aliphatic rings. The van der Waals surface area contributed by atoms with Crippen LogP contribution in [0.1, 0.15) is 12.5 Å². The lowest BCUT2D eigenvalue weighted by Crippen LogP contribution is -2.04. The molecule has 0 atom stereocenters. The van der Waals surface area contributed by atoms with E-state index in [1.54, 1.807) is 0 Å². The normalized spacial score (nSPS) is 10.4. The van der Waals surface area contributed by atoms with E-state index in [0.29, 0.717) is 13.2 Å². The number of hydrogen-bond donors (Lipinski definition) is 1. The Morgan fingerprint density at radius 1 is 1.00 bits per heavy atom. The fraction of sp³-hybridized carbons (Fsp3) is 0.200. The Balaban J connectivity index is 2.17. The number of anilines is 1. The van der Waals surface area contributed by atoms with Gasteiger partial charge in [0, 0.05) is 26.7 Å². The van der Waals surface area contributed by atoms with Gasteiger partial charge in [0.2, 0.25) is 0 Å². The van der Waals surface area contributed by atoms with Gasteiger partial charge in [-0.2, -0.15) is 0 Å². The van der Waals surface area contributed by atoms with Crippen LogP contribution >= 0.6 is 47.8 Å². The molecule has 0 spiro atoms. The van der Waals surface area contributed by atoms with Crippen LogP contribution in [0.5, 0.6) is 5.75 Å². The van der Waals surface area contributed by atoms with Crippen molar-refractivity contribution in [2.75, 3.05) is 11.9 Å². The molecule has 0 bridgehead atoms. The lowest BCUT2D eigenvalue weighted by molar-refractivity contribution is 0.334. The molecule has 0 aliphatic carbocycles. The molecule has 0 aromatic heterocycles. The molecule has 0 unspecified atom stereocenters. The van der Waals surface area contributed by atoms with Crippen molar-refractivity contribution in [2.45, 2.75) is 13.5 Å². The third-order valence-electron chi connectivity index (χ3n) is 2.70. The highest BCUT2D eigenvalue weighted by Gasteiger charge is 2.09. The summed E-state index contributed by atoms with van der Waals surface area (Å²) in [6, 6.07) is 12.2. The van der Waals surface area contributed by atoms with Crippen LogP contribution in [0.3, 0.4) is 0 Å². The second-order valence-corrected chi connectivity index (χ2v) is 6.86. The predicted octanol–water partition coefficient (Wildman–Crippen LogP) is 5.98. The molecule has 2 aromatic rings. The van der Waals surface area contributed by atoms with Gasteiger partial charge in [-0.1, -0.05) is 31.9 Å². The van der Waals surface area contributed by atoms with Gasteiger partial charge >= 0.3 is 0 Å². The van der Waals surface area contributed by atoms with Gasteiger partial charge in [0.15, 0.2) is 0 Å². The molecule has 2 aromatic carbocycles. The molecule has 0 radical (unpaired) electrons. The summed E-state index contributed by atoms with van der Waals surface area (Å²) in [5.74, 6) is 0.889. The highest BCUT2D eigenvalue weighted by atomic mass is 79.9. The van der Waals surface area contributed by atoms with Crippen LogP contribution in [0.2, 0.25) is 0 Å². The van der Waals surface area contributed by atoms with Crippen molar-refractivity contribution in [3.05, 3.63) is 55.4 Å². The fourth-order valence-electron chi connectivity index (χ4n) is 1.82. The van der Waals surface area contributed by atoms with E-state index in [2.05, 4.69) is 59.2 Å². The zero-order chi connectivity index (χ0) is 14.5. The maximum Gasteiger partial charge on any atom is 0.138 e. The van der Waals surface area contributed by atoms with E-state index in [1.807, 2.05) is 37.3 Å². The van der Waals surface area contributed by atoms with Gasteiger partial charge in [0.25, 0.3) is 0 Å². The Bertz CT molecular complexity index is 584. The summed E-state index contributed by atoms with van der Waals surface area (Å²) in [7, 11) is 0. The molecule has 5 heteroatoms. The highest BCUT2D eigenvalue weighted by Crippen LogP contribution is 2.33. The molecule has 0 saturated heterocycles. The van der Waals surface area contributed by atoms with E-state index in [1.165, 1.54) is 0 Å². The van der Waals surface area contributed by atoms with Crippen LogP contribution in [0.25, 0.3) is 0 Å². The zero-order valence-corrected chi connectivity index (χ0v) is 15.7. The van der Waals surface area contributed by atoms with Crippen molar-refractivity contribution in [1.29, 1.82) is 0 Å². The Morgan fingerprint density at radius 3 is 2.35 bits per heavy atom. The number of benzene rings is 2. The molecule has 106 valence electrons. The average Bonchev–Trinajstić information content (AvgIpc) is 2.41. The standard InChI is InChI=1S/C15H14Br3NO/c1-2-20-15-10(7-12(17)8-14(15)18)9-19-13-5-3-11(16)4-6-13/h3-8,19H,2,9H2,1H3. The van der Waals surface area contributed by atoms with E-state index in [9.17, 15) is 0 Å². The predicted molar refractivity (Wildman–Crippen MR) is 94.5 cm³/mol. The molecule has 20 heavy (non-hydrogen) atoms. The molecular formula is C15H14Br3NO. The third-order valence-corrected chi connectivity index (χ3v) is 4.28. The van der Waals surface area contributed by atoms with Crippen LogP contribution in [-0.4, -0.2) is 6.61 Å². The number of hydrogen-bond acceptors (Lipinski definition) is 2. The van der Waals surface area contributed by atoms with Gasteiger partial charge < -0.3 is 10.1 Å². The minimum Gasteiger partial charge on any atom is -0.492 e. The van der Waals surface area contributed by atoms with E-state index in [-0.39, 0.29) is 0 Å². The summed E-state index contributed by atoms with van der Waals surface area (Å²) in [6.45, 7) is 3.33. The first-order valence-electron chi connectivity index (χ1n) is 6.20. The smallest absolute Gasteiger partial charge is 0.138 e. The summed E-state index contributed by atoms with van der Waals surface area (Å²) in [6.07, 6.45) is 0. The Labute approximate surface area is 144 Å². The van der Waals surface area contributed by atoms with E-state index in [0.717, 1.165) is 30.4 Å². The summed E-state index contributed by atoms with van der Waals surface area (Å²) in [5, 5.41) is 3.40. The summed E-state index contributed by atoms with van der Waals surface area (Å²) in [5.41, 5.74) is 2.18. The van der Waals surface area contributed by atoms with Gasteiger partial charge in [-0.05, 0) is 59.3 Å². The zero-order valence-electron chi connectivity index (χ0n) is 10.9. The summed E-state index contributed by atoms with van der Waals surface area (Å²) in [4.78, 5) is 0. The maximum atomic E-state index is 5.72. The lowest BCUT2D eigenvalue weighted by Gasteiger charge is -2.14. The third kappa shape index (κ3) is 4.24. The second-order valence-electron chi connectivity index (χ2n) is 4.17. The topological polar surface area (TPSA) is 21.3 Å². The summed E-state index contributed by atoms with van der Waals surface area (Å²) >= 11 is 10.5. The van der Waals surface area contributed by atoms with Crippen LogP contribution in [0, 0.1) is 0 Å². The van der Waals surface area contributed by atoms with Gasteiger partial charge in [0.05, 0.1) is 11.1 Å². The molecule has 0 amide bonds. The number of ether oxygens (including phenoxy) is 1. The molecular weight excluding hydrogens is 450 g/mol. The molecule has 2 rings (SSSR count). The van der Waals surface area contributed by atoms with Crippen LogP contribution < -0.4 is 10.1 Å². The van der Waals surface area contributed by atoms with Crippen molar-refractivity contribution in [1.82, 2.24) is 0 Å². The molecule has 1 N–H and O–H groups in total. The number of halogens is 3. The van der Waals surface area contributed by atoms with Crippen LogP contribution in [0.15, 0.2) is 49.8 Å². The first-order chi connectivity index (χ1) is 9.60. The van der Waals surface area contributed by atoms with Crippen molar-refractivity contribution < 1.29 is 4.74 Å². The molecule has 0 fully saturated rings.